The molecule has 0 saturated carbocycles. The number of aryl methyl sites for hydroxylation is 2. The first-order chi connectivity index (χ1) is 13.5. The van der Waals surface area contributed by atoms with Crippen molar-refractivity contribution in [2.24, 2.45) is 0 Å². The molecule has 3 aromatic rings. The van der Waals surface area contributed by atoms with E-state index in [0.29, 0.717) is 16.8 Å². The number of rotatable bonds is 3. The van der Waals surface area contributed by atoms with E-state index in [1.807, 2.05) is 62.4 Å². The Bertz CT molecular complexity index is 1040. The van der Waals surface area contributed by atoms with Crippen LogP contribution < -0.4 is 4.90 Å². The van der Waals surface area contributed by atoms with Gasteiger partial charge in [0.2, 0.25) is 0 Å². The molecule has 1 amide bonds. The zero-order chi connectivity index (χ0) is 19.8. The molecule has 3 aromatic carbocycles. The van der Waals surface area contributed by atoms with Crippen molar-refractivity contribution in [1.82, 2.24) is 0 Å². The van der Waals surface area contributed by atoms with E-state index in [9.17, 15) is 14.7 Å². The minimum atomic E-state index is -0.942. The summed E-state index contributed by atoms with van der Waals surface area (Å²) >= 11 is 0. The molecule has 28 heavy (non-hydrogen) atoms. The molecular weight excluding hydrogens is 350 g/mol. The molecule has 0 aromatic heterocycles. The van der Waals surface area contributed by atoms with Crippen LogP contribution in [0.4, 0.5) is 5.69 Å². The van der Waals surface area contributed by atoms with Crippen molar-refractivity contribution in [3.8, 4) is 0 Å². The number of nitrogens with zero attached hydrogens (tertiary/aromatic N) is 1. The number of hydrogen-bond donors (Lipinski definition) is 1. The highest BCUT2D eigenvalue weighted by molar-refractivity contribution is 6.11. The molecule has 0 unspecified atom stereocenters. The molecule has 1 N–H and O–H groups in total. The Morgan fingerprint density at radius 3 is 2.04 bits per heavy atom. The van der Waals surface area contributed by atoms with Crippen LogP contribution in [0, 0.1) is 13.8 Å². The lowest BCUT2D eigenvalue weighted by Crippen LogP contribution is -2.45. The minimum absolute atomic E-state index is 0.178. The Balaban J connectivity index is 1.97. The number of carbonyl (C=O) groups is 2. The van der Waals surface area contributed by atoms with Crippen LogP contribution in [0.25, 0.3) is 0 Å². The average Bonchev–Trinajstić information content (AvgIpc) is 2.69. The van der Waals surface area contributed by atoms with Gasteiger partial charge in [0, 0.05) is 11.3 Å². The monoisotopic (exact) mass is 371 g/mol. The molecule has 0 aliphatic carbocycles. The highest BCUT2D eigenvalue weighted by Gasteiger charge is 2.44. The molecule has 2 atom stereocenters. The van der Waals surface area contributed by atoms with Crippen molar-refractivity contribution in [3.63, 3.8) is 0 Å². The van der Waals surface area contributed by atoms with Crippen LogP contribution in [0.1, 0.15) is 44.6 Å². The Morgan fingerprint density at radius 1 is 0.857 bits per heavy atom. The van der Waals surface area contributed by atoms with Crippen LogP contribution in [-0.2, 0) is 4.79 Å². The van der Waals surface area contributed by atoms with E-state index in [1.165, 1.54) is 0 Å². The number of hydrogen-bond acceptors (Lipinski definition) is 2. The molecule has 4 nitrogen and oxygen atoms in total. The third-order valence-electron chi connectivity index (χ3n) is 5.34. The fraction of sp³-hybridized carbons (Fsp3) is 0.167. The molecule has 0 fully saturated rings. The average molecular weight is 371 g/mol. The molecule has 4 rings (SSSR count). The number of anilines is 1. The van der Waals surface area contributed by atoms with Gasteiger partial charge in [0.15, 0.2) is 0 Å². The fourth-order valence-electron chi connectivity index (χ4n) is 3.89. The lowest BCUT2D eigenvalue weighted by Gasteiger charge is -2.41. The Morgan fingerprint density at radius 2 is 1.43 bits per heavy atom. The first kappa shape index (κ1) is 18.0. The number of fused-ring (bicyclic) bond motifs is 1. The van der Waals surface area contributed by atoms with Crippen molar-refractivity contribution < 1.29 is 14.7 Å². The molecule has 4 heteroatoms. The van der Waals surface area contributed by atoms with Gasteiger partial charge < -0.3 is 5.11 Å². The molecule has 140 valence electrons. The zero-order valence-electron chi connectivity index (χ0n) is 15.8. The highest BCUT2D eigenvalue weighted by atomic mass is 16.4. The van der Waals surface area contributed by atoms with E-state index in [4.69, 9.17) is 0 Å². The van der Waals surface area contributed by atoms with E-state index in [0.717, 1.165) is 16.7 Å². The van der Waals surface area contributed by atoms with Crippen molar-refractivity contribution in [2.75, 3.05) is 4.90 Å². The predicted molar refractivity (Wildman–Crippen MR) is 109 cm³/mol. The molecular formula is C24H21NO3. The number of carbonyl (C=O) groups excluding carboxylic acids is 1. The summed E-state index contributed by atoms with van der Waals surface area (Å²) in [6.45, 7) is 3.96. The summed E-state index contributed by atoms with van der Waals surface area (Å²) in [4.78, 5) is 27.5. The van der Waals surface area contributed by atoms with E-state index < -0.39 is 17.9 Å². The van der Waals surface area contributed by atoms with E-state index in [1.54, 1.807) is 29.2 Å². The summed E-state index contributed by atoms with van der Waals surface area (Å²) in [5, 5.41) is 10.1. The normalized spacial score (nSPS) is 18.6. The maximum absolute atomic E-state index is 13.5. The number of aliphatic carboxylic acids is 1. The third-order valence-corrected chi connectivity index (χ3v) is 5.34. The maximum atomic E-state index is 13.5. The largest absolute Gasteiger partial charge is 0.481 e. The molecule has 0 spiro atoms. The number of amides is 1. The lowest BCUT2D eigenvalue weighted by atomic mass is 9.79. The standard InChI is InChI=1S/C24H21NO3/c1-15-7-11-17(12-8-15)22-21(24(27)28)19-5-3-4-6-20(19)23(26)25(22)18-13-9-16(2)10-14-18/h3-14,21-22H,1-2H3,(H,27,28)/t21-,22-/m0/s1. The van der Waals surface area contributed by atoms with Crippen molar-refractivity contribution in [2.45, 2.75) is 25.8 Å². The van der Waals surface area contributed by atoms with Crippen molar-refractivity contribution in [3.05, 3.63) is 101 Å². The van der Waals surface area contributed by atoms with Gasteiger partial charge in [-0.15, -0.1) is 0 Å². The van der Waals surface area contributed by atoms with Crippen LogP contribution in [0.5, 0.6) is 0 Å². The number of benzene rings is 3. The van der Waals surface area contributed by atoms with Gasteiger partial charge in [-0.3, -0.25) is 14.5 Å². The van der Waals surface area contributed by atoms with Gasteiger partial charge in [0.25, 0.3) is 5.91 Å². The van der Waals surface area contributed by atoms with Crippen LogP contribution in [-0.4, -0.2) is 17.0 Å². The Labute approximate surface area is 164 Å². The van der Waals surface area contributed by atoms with Gasteiger partial charge in [-0.05, 0) is 43.2 Å². The molecule has 0 saturated heterocycles. The quantitative estimate of drug-likeness (QED) is 0.714. The predicted octanol–water partition coefficient (Wildman–Crippen LogP) is 4.87. The number of carboxylic acid groups (broad SMARTS) is 1. The third kappa shape index (κ3) is 2.97. The number of carboxylic acids is 1. The Hall–Kier alpha value is -3.40. The summed E-state index contributed by atoms with van der Waals surface area (Å²) in [5.41, 5.74) is 4.67. The van der Waals surface area contributed by atoms with Crippen LogP contribution in [0.15, 0.2) is 72.8 Å². The van der Waals surface area contributed by atoms with E-state index in [-0.39, 0.29) is 5.91 Å². The maximum Gasteiger partial charge on any atom is 0.313 e. The van der Waals surface area contributed by atoms with E-state index >= 15 is 0 Å². The second-order valence-electron chi connectivity index (χ2n) is 7.27. The summed E-state index contributed by atoms with van der Waals surface area (Å²) < 4.78 is 0. The second-order valence-corrected chi connectivity index (χ2v) is 7.27. The second kappa shape index (κ2) is 6.97. The van der Waals surface area contributed by atoms with Crippen LogP contribution in [0.3, 0.4) is 0 Å². The van der Waals surface area contributed by atoms with Gasteiger partial charge in [-0.25, -0.2) is 0 Å². The van der Waals surface area contributed by atoms with Gasteiger partial charge in [-0.2, -0.15) is 0 Å². The zero-order valence-corrected chi connectivity index (χ0v) is 15.8. The topological polar surface area (TPSA) is 57.6 Å². The molecule has 0 radical (unpaired) electrons. The SMILES string of the molecule is Cc1ccc([C@H]2[C@@H](C(=O)O)c3ccccc3C(=O)N2c2ccc(C)cc2)cc1. The molecule has 1 aliphatic heterocycles. The smallest absolute Gasteiger partial charge is 0.313 e. The fourth-order valence-corrected chi connectivity index (χ4v) is 3.89. The first-order valence-corrected chi connectivity index (χ1v) is 9.26. The summed E-state index contributed by atoms with van der Waals surface area (Å²) in [6.07, 6.45) is 0. The van der Waals surface area contributed by atoms with E-state index in [2.05, 4.69) is 0 Å². The minimum Gasteiger partial charge on any atom is -0.481 e. The van der Waals surface area contributed by atoms with Gasteiger partial charge >= 0.3 is 5.97 Å². The lowest BCUT2D eigenvalue weighted by molar-refractivity contribution is -0.139. The van der Waals surface area contributed by atoms with Crippen LogP contribution in [0.2, 0.25) is 0 Å². The first-order valence-electron chi connectivity index (χ1n) is 9.26. The summed E-state index contributed by atoms with van der Waals surface area (Å²) in [7, 11) is 0. The van der Waals surface area contributed by atoms with Crippen molar-refractivity contribution in [1.29, 1.82) is 0 Å². The van der Waals surface area contributed by atoms with Gasteiger partial charge in [0.1, 0.15) is 5.92 Å². The Kier molecular flexibility index (Phi) is 4.47. The summed E-state index contributed by atoms with van der Waals surface area (Å²) in [6, 6.07) is 21.8. The molecule has 1 aliphatic rings. The van der Waals surface area contributed by atoms with Gasteiger partial charge in [-0.1, -0.05) is 65.7 Å². The van der Waals surface area contributed by atoms with Gasteiger partial charge in [0.05, 0.1) is 6.04 Å². The molecule has 0 bridgehead atoms. The highest BCUT2D eigenvalue weighted by Crippen LogP contribution is 2.45. The van der Waals surface area contributed by atoms with Crippen LogP contribution >= 0.6 is 0 Å². The van der Waals surface area contributed by atoms with Crippen molar-refractivity contribution >= 4 is 17.6 Å². The molecule has 1 heterocycles. The summed E-state index contributed by atoms with van der Waals surface area (Å²) in [5.74, 6) is -1.97.